The second kappa shape index (κ2) is 6.27. The lowest BCUT2D eigenvalue weighted by Crippen LogP contribution is -2.31. The van der Waals surface area contributed by atoms with Crippen LogP contribution in [0.1, 0.15) is 42.1 Å². The van der Waals surface area contributed by atoms with Gasteiger partial charge in [-0.3, -0.25) is 0 Å². The van der Waals surface area contributed by atoms with E-state index in [1.54, 1.807) is 0 Å². The second-order valence-corrected chi connectivity index (χ2v) is 6.93. The Balaban J connectivity index is 2.39. The highest BCUT2D eigenvalue weighted by Gasteiger charge is 2.24. The molecule has 0 aliphatic rings. The molecule has 2 heteroatoms. The molecule has 0 aliphatic carbocycles. The smallest absolute Gasteiger partial charge is 0.229 e. The number of nitrogens with zero attached hydrogens (tertiary/aromatic N) is 2. The van der Waals surface area contributed by atoms with Gasteiger partial charge in [0.15, 0.2) is 6.20 Å². The van der Waals surface area contributed by atoms with Gasteiger partial charge >= 0.3 is 0 Å². The molecule has 0 spiro atoms. The van der Waals surface area contributed by atoms with Gasteiger partial charge in [-0.1, -0.05) is 32.0 Å². The molecule has 2 heterocycles. The lowest BCUT2D eigenvalue weighted by molar-refractivity contribution is -0.660. The summed E-state index contributed by atoms with van der Waals surface area (Å²) in [5, 5.41) is 0. The minimum absolute atomic E-state index is 0.487. The zero-order valence-electron chi connectivity index (χ0n) is 15.6. The maximum atomic E-state index is 2.44. The number of aromatic nitrogens is 2. The summed E-state index contributed by atoms with van der Waals surface area (Å²) in [6.07, 6.45) is 2.12. The van der Waals surface area contributed by atoms with Crippen molar-refractivity contribution >= 4 is 0 Å². The van der Waals surface area contributed by atoms with Crippen LogP contribution >= 0.6 is 0 Å². The van der Waals surface area contributed by atoms with Gasteiger partial charge < -0.3 is 4.57 Å². The highest BCUT2D eigenvalue weighted by molar-refractivity contribution is 5.66. The van der Waals surface area contributed by atoms with Crippen molar-refractivity contribution in [1.29, 1.82) is 0 Å². The van der Waals surface area contributed by atoms with Crippen LogP contribution in [0.15, 0.2) is 48.7 Å². The molecule has 124 valence electrons. The Hall–Kier alpha value is -2.35. The fourth-order valence-corrected chi connectivity index (χ4v) is 3.51. The molecular formula is C22H27N2+. The summed E-state index contributed by atoms with van der Waals surface area (Å²) in [7, 11) is 2.12. The third-order valence-corrected chi connectivity index (χ3v) is 5.12. The summed E-state index contributed by atoms with van der Waals surface area (Å²) < 4.78 is 4.64. The maximum absolute atomic E-state index is 2.44. The zero-order chi connectivity index (χ0) is 17.4. The topological polar surface area (TPSA) is 8.81 Å². The van der Waals surface area contributed by atoms with Gasteiger partial charge in [-0.25, -0.2) is 0 Å². The minimum Gasteiger partial charge on any atom is -0.308 e. The normalized spacial score (nSPS) is 11.3. The Labute approximate surface area is 145 Å². The van der Waals surface area contributed by atoms with E-state index in [4.69, 9.17) is 0 Å². The van der Waals surface area contributed by atoms with Gasteiger partial charge in [0.2, 0.25) is 5.69 Å². The summed E-state index contributed by atoms with van der Waals surface area (Å²) in [5.41, 5.74) is 9.25. The van der Waals surface area contributed by atoms with Gasteiger partial charge in [0.05, 0.1) is 0 Å². The molecule has 0 bridgehead atoms. The van der Waals surface area contributed by atoms with Crippen molar-refractivity contribution in [3.8, 4) is 17.1 Å². The average molecular weight is 319 g/mol. The van der Waals surface area contributed by atoms with Crippen molar-refractivity contribution in [2.75, 3.05) is 0 Å². The number of hydrogen-bond acceptors (Lipinski definition) is 0. The van der Waals surface area contributed by atoms with Crippen LogP contribution in [0.3, 0.4) is 0 Å². The van der Waals surface area contributed by atoms with E-state index in [0.29, 0.717) is 5.92 Å². The summed E-state index contributed by atoms with van der Waals surface area (Å²) in [6, 6.07) is 15.2. The third kappa shape index (κ3) is 2.56. The van der Waals surface area contributed by atoms with E-state index >= 15 is 0 Å². The van der Waals surface area contributed by atoms with E-state index in [1.165, 1.54) is 39.5 Å². The Morgan fingerprint density at radius 2 is 1.54 bits per heavy atom. The molecule has 3 rings (SSSR count). The fourth-order valence-electron chi connectivity index (χ4n) is 3.51. The van der Waals surface area contributed by atoms with Gasteiger partial charge in [-0.2, -0.15) is 4.57 Å². The standard InChI is InChI=1S/C22H27N2/c1-15(2)19-11-7-8-12-20(19)24-18(5)16(3)17(4)22(24)21-13-9-10-14-23(21)6/h7-15H,1-6H3/q+1. The molecule has 0 radical (unpaired) electrons. The molecule has 1 aromatic carbocycles. The Bertz CT molecular complexity index is 885. The summed E-state index contributed by atoms with van der Waals surface area (Å²) >= 11 is 0. The quantitative estimate of drug-likeness (QED) is 0.600. The predicted octanol–water partition coefficient (Wildman–Crippen LogP) is 5.02. The Morgan fingerprint density at radius 3 is 2.21 bits per heavy atom. The first kappa shape index (κ1) is 16.5. The molecule has 0 atom stereocenters. The number of para-hydroxylation sites is 1. The lowest BCUT2D eigenvalue weighted by Gasteiger charge is -2.18. The number of pyridine rings is 1. The van der Waals surface area contributed by atoms with Crippen molar-refractivity contribution in [3.05, 3.63) is 71.0 Å². The number of rotatable bonds is 3. The van der Waals surface area contributed by atoms with Crippen molar-refractivity contribution in [2.45, 2.75) is 40.5 Å². The SMILES string of the molecule is Cc1c(C)c(-c2cccc[n+]2C)n(-c2ccccc2C(C)C)c1C. The minimum atomic E-state index is 0.487. The molecule has 2 aromatic heterocycles. The van der Waals surface area contributed by atoms with Crippen molar-refractivity contribution in [1.82, 2.24) is 4.57 Å². The molecule has 0 unspecified atom stereocenters. The Morgan fingerprint density at radius 1 is 0.875 bits per heavy atom. The van der Waals surface area contributed by atoms with E-state index in [2.05, 4.69) is 99.5 Å². The molecule has 0 saturated carbocycles. The third-order valence-electron chi connectivity index (χ3n) is 5.12. The van der Waals surface area contributed by atoms with E-state index < -0.39 is 0 Å². The lowest BCUT2D eigenvalue weighted by atomic mass is 10.0. The molecule has 0 fully saturated rings. The van der Waals surface area contributed by atoms with E-state index in [1.807, 2.05) is 0 Å². The van der Waals surface area contributed by atoms with Crippen LogP contribution in [0.4, 0.5) is 0 Å². The largest absolute Gasteiger partial charge is 0.308 e. The van der Waals surface area contributed by atoms with Gasteiger partial charge in [0.25, 0.3) is 0 Å². The van der Waals surface area contributed by atoms with Crippen LogP contribution < -0.4 is 4.57 Å². The molecule has 2 nitrogen and oxygen atoms in total. The second-order valence-electron chi connectivity index (χ2n) is 6.93. The van der Waals surface area contributed by atoms with Gasteiger partial charge in [-0.15, -0.1) is 0 Å². The van der Waals surface area contributed by atoms with Crippen LogP contribution in [0.5, 0.6) is 0 Å². The first-order chi connectivity index (χ1) is 11.4. The summed E-state index contributed by atoms with van der Waals surface area (Å²) in [5.74, 6) is 0.487. The predicted molar refractivity (Wildman–Crippen MR) is 101 cm³/mol. The molecule has 0 saturated heterocycles. The number of aryl methyl sites for hydroxylation is 1. The summed E-state index contributed by atoms with van der Waals surface area (Å²) in [6.45, 7) is 11.2. The van der Waals surface area contributed by atoms with Crippen LogP contribution in [0, 0.1) is 20.8 Å². The summed E-state index contributed by atoms with van der Waals surface area (Å²) in [4.78, 5) is 0. The van der Waals surface area contributed by atoms with Crippen LogP contribution in [-0.2, 0) is 7.05 Å². The molecule has 0 N–H and O–H groups in total. The first-order valence-electron chi connectivity index (χ1n) is 8.66. The molecular weight excluding hydrogens is 292 g/mol. The fraction of sp³-hybridized carbons (Fsp3) is 0.318. The monoisotopic (exact) mass is 319 g/mol. The van der Waals surface area contributed by atoms with E-state index in [9.17, 15) is 0 Å². The molecule has 0 aliphatic heterocycles. The van der Waals surface area contributed by atoms with Crippen molar-refractivity contribution in [2.24, 2.45) is 7.05 Å². The van der Waals surface area contributed by atoms with Crippen LogP contribution in [0.2, 0.25) is 0 Å². The molecule has 3 aromatic rings. The molecule has 24 heavy (non-hydrogen) atoms. The zero-order valence-corrected chi connectivity index (χ0v) is 15.6. The first-order valence-corrected chi connectivity index (χ1v) is 8.66. The highest BCUT2D eigenvalue weighted by atomic mass is 15.0. The van der Waals surface area contributed by atoms with E-state index in [0.717, 1.165) is 0 Å². The van der Waals surface area contributed by atoms with Crippen LogP contribution in [0.25, 0.3) is 17.1 Å². The van der Waals surface area contributed by atoms with Crippen LogP contribution in [-0.4, -0.2) is 4.57 Å². The Kier molecular flexibility index (Phi) is 4.31. The van der Waals surface area contributed by atoms with Gasteiger partial charge in [0, 0.05) is 23.5 Å². The molecule has 0 amide bonds. The number of hydrogen-bond donors (Lipinski definition) is 0. The van der Waals surface area contributed by atoms with Gasteiger partial charge in [-0.05, 0) is 55.5 Å². The average Bonchev–Trinajstić information content (AvgIpc) is 2.79. The van der Waals surface area contributed by atoms with Crippen molar-refractivity contribution < 1.29 is 4.57 Å². The maximum Gasteiger partial charge on any atom is 0.229 e. The van der Waals surface area contributed by atoms with Crippen molar-refractivity contribution in [3.63, 3.8) is 0 Å². The van der Waals surface area contributed by atoms with Gasteiger partial charge in [0.1, 0.15) is 12.7 Å². The highest BCUT2D eigenvalue weighted by Crippen LogP contribution is 2.34. The number of benzene rings is 1. The van der Waals surface area contributed by atoms with E-state index in [-0.39, 0.29) is 0 Å².